The van der Waals surface area contributed by atoms with Crippen molar-refractivity contribution in [2.45, 2.75) is 26.3 Å². The molecule has 2 N–H and O–H groups in total. The number of nitrogens with one attached hydrogen (secondary N) is 1. The summed E-state index contributed by atoms with van der Waals surface area (Å²) in [5.41, 5.74) is 3.33. The van der Waals surface area contributed by atoms with Crippen molar-refractivity contribution in [2.75, 3.05) is 5.32 Å². The van der Waals surface area contributed by atoms with Gasteiger partial charge in [0.05, 0.1) is 5.69 Å². The molecule has 0 aliphatic carbocycles. The largest absolute Gasteiger partial charge is 0.508 e. The summed E-state index contributed by atoms with van der Waals surface area (Å²) in [5, 5.41) is 17.0. The van der Waals surface area contributed by atoms with Gasteiger partial charge in [-0.05, 0) is 30.2 Å². The molecule has 1 aromatic carbocycles. The summed E-state index contributed by atoms with van der Waals surface area (Å²) in [7, 11) is 1.94. The zero-order valence-corrected chi connectivity index (χ0v) is 11.0. The van der Waals surface area contributed by atoms with Crippen molar-refractivity contribution in [2.24, 2.45) is 7.05 Å². The Morgan fingerprint density at radius 1 is 1.28 bits per heavy atom. The number of hydrogen-bond acceptors (Lipinski definition) is 3. The van der Waals surface area contributed by atoms with Crippen LogP contribution in [0, 0.1) is 0 Å². The number of rotatable bonds is 4. The number of phenolic OH excluding ortho intramolecular Hbond substituents is 1. The Kier molecular flexibility index (Phi) is 3.55. The topological polar surface area (TPSA) is 50.1 Å². The maximum absolute atomic E-state index is 9.22. The Labute approximate surface area is 107 Å². The van der Waals surface area contributed by atoms with E-state index in [1.165, 1.54) is 5.56 Å². The number of anilines is 1. The van der Waals surface area contributed by atoms with Gasteiger partial charge in [-0.1, -0.05) is 13.8 Å². The van der Waals surface area contributed by atoms with E-state index in [1.807, 2.05) is 30.1 Å². The van der Waals surface area contributed by atoms with Crippen LogP contribution < -0.4 is 5.32 Å². The highest BCUT2D eigenvalue weighted by atomic mass is 16.3. The first-order valence-electron chi connectivity index (χ1n) is 6.11. The molecule has 0 aliphatic heterocycles. The first kappa shape index (κ1) is 12.5. The Morgan fingerprint density at radius 3 is 2.56 bits per heavy atom. The highest BCUT2D eigenvalue weighted by molar-refractivity contribution is 5.46. The molecule has 0 unspecified atom stereocenters. The van der Waals surface area contributed by atoms with E-state index in [0.29, 0.717) is 5.92 Å². The van der Waals surface area contributed by atoms with Crippen molar-refractivity contribution >= 4 is 5.69 Å². The van der Waals surface area contributed by atoms with Gasteiger partial charge in [-0.3, -0.25) is 4.68 Å². The van der Waals surface area contributed by atoms with E-state index < -0.39 is 0 Å². The molecule has 0 saturated carbocycles. The van der Waals surface area contributed by atoms with E-state index in [0.717, 1.165) is 17.9 Å². The monoisotopic (exact) mass is 245 g/mol. The summed E-state index contributed by atoms with van der Waals surface area (Å²) in [4.78, 5) is 0. The smallest absolute Gasteiger partial charge is 0.115 e. The fourth-order valence-corrected chi connectivity index (χ4v) is 1.95. The first-order valence-corrected chi connectivity index (χ1v) is 6.11. The molecule has 0 radical (unpaired) electrons. The second-order valence-electron chi connectivity index (χ2n) is 4.77. The number of aromatic hydroxyl groups is 1. The number of benzene rings is 1. The number of hydrogen-bond donors (Lipinski definition) is 2. The third-order valence-corrected chi connectivity index (χ3v) is 2.83. The molecule has 0 amide bonds. The van der Waals surface area contributed by atoms with Crippen LogP contribution in [0.5, 0.6) is 5.75 Å². The van der Waals surface area contributed by atoms with Gasteiger partial charge in [0.25, 0.3) is 0 Å². The molecule has 0 saturated heterocycles. The highest BCUT2D eigenvalue weighted by Crippen LogP contribution is 2.19. The lowest BCUT2D eigenvalue weighted by Crippen LogP contribution is -2.02. The molecular weight excluding hydrogens is 226 g/mol. The average Bonchev–Trinajstić information content (AvgIpc) is 2.70. The highest BCUT2D eigenvalue weighted by Gasteiger charge is 2.10. The molecular formula is C14H19N3O. The van der Waals surface area contributed by atoms with Crippen LogP contribution in [0.1, 0.15) is 31.0 Å². The molecule has 0 aliphatic rings. The normalized spacial score (nSPS) is 10.9. The molecule has 2 rings (SSSR count). The van der Waals surface area contributed by atoms with Crippen molar-refractivity contribution < 1.29 is 5.11 Å². The maximum atomic E-state index is 9.22. The number of nitrogens with zero attached hydrogens (tertiary/aromatic N) is 2. The van der Waals surface area contributed by atoms with Gasteiger partial charge in [0.2, 0.25) is 0 Å². The van der Waals surface area contributed by atoms with Gasteiger partial charge in [-0.25, -0.2) is 0 Å². The van der Waals surface area contributed by atoms with Gasteiger partial charge in [0.1, 0.15) is 5.75 Å². The van der Waals surface area contributed by atoms with E-state index >= 15 is 0 Å². The molecule has 2 aromatic rings. The quantitative estimate of drug-likeness (QED) is 0.814. The van der Waals surface area contributed by atoms with Gasteiger partial charge >= 0.3 is 0 Å². The third kappa shape index (κ3) is 2.83. The number of aromatic nitrogens is 2. The SMILES string of the molecule is CC(C)c1nn(C)cc1CNc1ccc(O)cc1. The fraction of sp³-hybridized carbons (Fsp3) is 0.357. The van der Waals surface area contributed by atoms with Crippen LogP contribution in [0.2, 0.25) is 0 Å². The van der Waals surface area contributed by atoms with Crippen molar-refractivity contribution in [3.8, 4) is 5.75 Å². The average molecular weight is 245 g/mol. The van der Waals surface area contributed by atoms with Gasteiger partial charge in [0, 0.05) is 31.0 Å². The predicted molar refractivity (Wildman–Crippen MR) is 72.7 cm³/mol. The molecule has 4 heteroatoms. The zero-order valence-electron chi connectivity index (χ0n) is 11.0. The minimum Gasteiger partial charge on any atom is -0.508 e. The lowest BCUT2D eigenvalue weighted by molar-refractivity contribution is 0.475. The standard InChI is InChI=1S/C14H19N3O/c1-10(2)14-11(9-17(3)16-14)8-15-12-4-6-13(18)7-5-12/h4-7,9-10,15,18H,8H2,1-3H3. The molecule has 4 nitrogen and oxygen atoms in total. The lowest BCUT2D eigenvalue weighted by atomic mass is 10.1. The van der Waals surface area contributed by atoms with E-state index in [9.17, 15) is 5.11 Å². The Bertz CT molecular complexity index is 514. The van der Waals surface area contributed by atoms with Crippen LogP contribution in [-0.2, 0) is 13.6 Å². The molecule has 1 heterocycles. The molecule has 0 fully saturated rings. The molecule has 96 valence electrons. The van der Waals surface area contributed by atoms with Crippen LogP contribution >= 0.6 is 0 Å². The molecule has 0 spiro atoms. The summed E-state index contributed by atoms with van der Waals surface area (Å²) < 4.78 is 1.85. The van der Waals surface area contributed by atoms with Crippen molar-refractivity contribution in [1.29, 1.82) is 0 Å². The van der Waals surface area contributed by atoms with Crippen molar-refractivity contribution in [3.63, 3.8) is 0 Å². The second kappa shape index (κ2) is 5.12. The molecule has 1 aromatic heterocycles. The van der Waals surface area contributed by atoms with Crippen LogP contribution in [0.25, 0.3) is 0 Å². The molecule has 18 heavy (non-hydrogen) atoms. The van der Waals surface area contributed by atoms with Crippen LogP contribution in [-0.4, -0.2) is 14.9 Å². The Balaban J connectivity index is 2.08. The minimum absolute atomic E-state index is 0.282. The maximum Gasteiger partial charge on any atom is 0.115 e. The molecule has 0 atom stereocenters. The van der Waals surface area contributed by atoms with Crippen molar-refractivity contribution in [1.82, 2.24) is 9.78 Å². The summed E-state index contributed by atoms with van der Waals surface area (Å²) in [6.45, 7) is 5.03. The summed E-state index contributed by atoms with van der Waals surface area (Å²) in [5.74, 6) is 0.701. The van der Waals surface area contributed by atoms with E-state index in [1.54, 1.807) is 12.1 Å². The van der Waals surface area contributed by atoms with Crippen LogP contribution in [0.4, 0.5) is 5.69 Å². The predicted octanol–water partition coefficient (Wildman–Crippen LogP) is 2.86. The van der Waals surface area contributed by atoms with Gasteiger partial charge in [-0.2, -0.15) is 5.10 Å². The summed E-state index contributed by atoms with van der Waals surface area (Å²) in [6, 6.07) is 7.07. The Morgan fingerprint density at radius 2 is 1.94 bits per heavy atom. The van der Waals surface area contributed by atoms with Gasteiger partial charge < -0.3 is 10.4 Å². The van der Waals surface area contributed by atoms with Crippen LogP contribution in [0.15, 0.2) is 30.5 Å². The van der Waals surface area contributed by atoms with E-state index in [-0.39, 0.29) is 5.75 Å². The lowest BCUT2D eigenvalue weighted by Gasteiger charge is -2.08. The summed E-state index contributed by atoms with van der Waals surface area (Å²) >= 11 is 0. The van der Waals surface area contributed by atoms with E-state index in [2.05, 4.69) is 24.3 Å². The number of phenols is 1. The second-order valence-corrected chi connectivity index (χ2v) is 4.77. The third-order valence-electron chi connectivity index (χ3n) is 2.83. The van der Waals surface area contributed by atoms with E-state index in [4.69, 9.17) is 0 Å². The Hall–Kier alpha value is -1.97. The zero-order chi connectivity index (χ0) is 13.1. The van der Waals surface area contributed by atoms with Gasteiger partial charge in [-0.15, -0.1) is 0 Å². The first-order chi connectivity index (χ1) is 8.56. The van der Waals surface area contributed by atoms with Crippen LogP contribution in [0.3, 0.4) is 0 Å². The fourth-order valence-electron chi connectivity index (χ4n) is 1.95. The minimum atomic E-state index is 0.282. The molecule has 0 bridgehead atoms. The van der Waals surface area contributed by atoms with Gasteiger partial charge in [0.15, 0.2) is 0 Å². The van der Waals surface area contributed by atoms with Crippen molar-refractivity contribution in [3.05, 3.63) is 41.7 Å². The summed E-state index contributed by atoms with van der Waals surface area (Å²) in [6.07, 6.45) is 2.04. The number of aryl methyl sites for hydroxylation is 1.